The number of aliphatic hydroxyl groups excluding tert-OH is 3. The minimum absolute atomic E-state index is 0.245. The maximum atomic E-state index is 10.6. The zero-order valence-electron chi connectivity index (χ0n) is 13.5. The van der Waals surface area contributed by atoms with E-state index in [2.05, 4.69) is 4.90 Å². The second kappa shape index (κ2) is 10.1. The molecule has 0 aromatic carbocycles. The van der Waals surface area contributed by atoms with Crippen LogP contribution < -0.4 is 5.11 Å². The number of rotatable bonds is 10. The van der Waals surface area contributed by atoms with E-state index in [-0.39, 0.29) is 6.61 Å². The van der Waals surface area contributed by atoms with Gasteiger partial charge in [0.25, 0.3) is 0 Å². The molecule has 0 radical (unpaired) electrons. The molecule has 23 heavy (non-hydrogen) atoms. The first kappa shape index (κ1) is 20.2. The maximum Gasteiger partial charge on any atom is 0.184 e. The van der Waals surface area contributed by atoms with Gasteiger partial charge in [0.15, 0.2) is 6.29 Å². The summed E-state index contributed by atoms with van der Waals surface area (Å²) in [6.45, 7) is 5.22. The molecule has 9 nitrogen and oxygen atoms in total. The zero-order chi connectivity index (χ0) is 17.4. The van der Waals surface area contributed by atoms with Gasteiger partial charge in [-0.25, -0.2) is 0 Å². The number of carboxylic acids is 1. The first-order chi connectivity index (χ1) is 10.9. The molecule has 5 atom stereocenters. The number of ether oxygens (including phenoxy) is 3. The number of carboxylic acid groups (broad SMARTS) is 1. The van der Waals surface area contributed by atoms with Crippen molar-refractivity contribution in [2.24, 2.45) is 0 Å². The molecular weight excluding hydrogens is 310 g/mol. The second-order valence-corrected chi connectivity index (χ2v) is 5.25. The van der Waals surface area contributed by atoms with Gasteiger partial charge in [-0.3, -0.25) is 0 Å². The van der Waals surface area contributed by atoms with E-state index in [1.807, 2.05) is 13.8 Å². The van der Waals surface area contributed by atoms with Gasteiger partial charge in [-0.2, -0.15) is 0 Å². The highest BCUT2D eigenvalue weighted by molar-refractivity contribution is 5.65. The van der Waals surface area contributed by atoms with Crippen molar-refractivity contribution in [3.63, 3.8) is 0 Å². The minimum Gasteiger partial charge on any atom is -0.548 e. The Balaban J connectivity index is 2.67. The summed E-state index contributed by atoms with van der Waals surface area (Å²) in [4.78, 5) is 12.7. The number of aliphatic hydroxyl groups is 3. The van der Waals surface area contributed by atoms with Gasteiger partial charge in [-0.05, 0) is 13.1 Å². The minimum atomic E-state index is -1.46. The van der Waals surface area contributed by atoms with Gasteiger partial charge < -0.3 is 44.3 Å². The predicted octanol–water partition coefficient (Wildman–Crippen LogP) is -3.08. The zero-order valence-corrected chi connectivity index (χ0v) is 13.5. The van der Waals surface area contributed by atoms with Crippen LogP contribution in [0.4, 0.5) is 0 Å². The van der Waals surface area contributed by atoms with Gasteiger partial charge in [0, 0.05) is 6.54 Å². The second-order valence-electron chi connectivity index (χ2n) is 5.25. The molecule has 1 saturated heterocycles. The van der Waals surface area contributed by atoms with Gasteiger partial charge in [-0.15, -0.1) is 0 Å². The topological polar surface area (TPSA) is 132 Å². The summed E-state index contributed by atoms with van der Waals surface area (Å²) in [7, 11) is 0. The Morgan fingerprint density at radius 3 is 2.39 bits per heavy atom. The summed E-state index contributed by atoms with van der Waals surface area (Å²) >= 11 is 0. The summed E-state index contributed by atoms with van der Waals surface area (Å²) in [5, 5.41) is 39.8. The Bertz CT molecular complexity index is 352. The van der Waals surface area contributed by atoms with E-state index in [1.54, 1.807) is 0 Å². The molecule has 0 aromatic rings. The molecule has 0 amide bonds. The van der Waals surface area contributed by atoms with Crippen molar-refractivity contribution in [3.8, 4) is 0 Å². The van der Waals surface area contributed by atoms with Crippen molar-refractivity contribution in [2.45, 2.75) is 44.6 Å². The molecular formula is C14H26NO8-. The quantitative estimate of drug-likeness (QED) is 0.380. The Morgan fingerprint density at radius 2 is 1.87 bits per heavy atom. The van der Waals surface area contributed by atoms with Crippen molar-refractivity contribution >= 4 is 5.97 Å². The third-order valence-electron chi connectivity index (χ3n) is 3.82. The summed E-state index contributed by atoms with van der Waals surface area (Å²) in [6, 6.07) is 0. The highest BCUT2D eigenvalue weighted by Crippen LogP contribution is 2.24. The molecule has 0 saturated carbocycles. The fourth-order valence-corrected chi connectivity index (χ4v) is 2.45. The van der Waals surface area contributed by atoms with Crippen LogP contribution in [-0.4, -0.2) is 96.3 Å². The summed E-state index contributed by atoms with van der Waals surface area (Å²) in [5.41, 5.74) is 0. The number of hydrogen-bond donors (Lipinski definition) is 3. The first-order valence-corrected chi connectivity index (χ1v) is 7.72. The van der Waals surface area contributed by atoms with E-state index in [0.717, 1.165) is 13.1 Å². The number of nitrogens with zero attached hydrogens (tertiary/aromatic N) is 1. The maximum absolute atomic E-state index is 10.6. The Kier molecular flexibility index (Phi) is 8.92. The van der Waals surface area contributed by atoms with Gasteiger partial charge in [-0.1, -0.05) is 13.8 Å². The Hall–Kier alpha value is -0.810. The van der Waals surface area contributed by atoms with E-state index >= 15 is 0 Å². The average Bonchev–Trinajstić information content (AvgIpc) is 2.53. The van der Waals surface area contributed by atoms with Gasteiger partial charge in [0.1, 0.15) is 24.4 Å². The van der Waals surface area contributed by atoms with Crippen LogP contribution in [0.5, 0.6) is 0 Å². The van der Waals surface area contributed by atoms with E-state index in [0.29, 0.717) is 6.54 Å². The predicted molar refractivity (Wildman–Crippen MR) is 76.2 cm³/mol. The van der Waals surface area contributed by atoms with Crippen molar-refractivity contribution < 1.29 is 39.4 Å². The summed E-state index contributed by atoms with van der Waals surface area (Å²) in [5.74, 6) is -1.46. The molecule has 136 valence electrons. The molecule has 5 unspecified atom stereocenters. The molecule has 9 heteroatoms. The average molecular weight is 336 g/mol. The number of aliphatic carboxylic acids is 1. The lowest BCUT2D eigenvalue weighted by Gasteiger charge is -2.42. The van der Waals surface area contributed by atoms with Crippen LogP contribution in [0.2, 0.25) is 0 Å². The van der Waals surface area contributed by atoms with Crippen LogP contribution in [0, 0.1) is 0 Å². The lowest BCUT2D eigenvalue weighted by molar-refractivity contribution is -0.325. The SMILES string of the molecule is CCN(CC)CCOC1C(O)OC(CO)C(O)C1OCC(=O)[O-]. The first-order valence-electron chi connectivity index (χ1n) is 7.72. The van der Waals surface area contributed by atoms with Crippen LogP contribution in [0.15, 0.2) is 0 Å². The van der Waals surface area contributed by atoms with E-state index in [1.165, 1.54) is 0 Å². The molecule has 0 aromatic heterocycles. The monoisotopic (exact) mass is 336 g/mol. The van der Waals surface area contributed by atoms with Gasteiger partial charge >= 0.3 is 0 Å². The van der Waals surface area contributed by atoms with Crippen LogP contribution in [0.25, 0.3) is 0 Å². The molecule has 1 rings (SSSR count). The third-order valence-corrected chi connectivity index (χ3v) is 3.82. The lowest BCUT2D eigenvalue weighted by Crippen LogP contribution is -2.61. The Morgan fingerprint density at radius 1 is 1.22 bits per heavy atom. The highest BCUT2D eigenvalue weighted by Gasteiger charge is 2.46. The molecule has 1 aliphatic rings. The van der Waals surface area contributed by atoms with Crippen LogP contribution >= 0.6 is 0 Å². The fourth-order valence-electron chi connectivity index (χ4n) is 2.45. The van der Waals surface area contributed by atoms with E-state index in [4.69, 9.17) is 19.3 Å². The van der Waals surface area contributed by atoms with Crippen molar-refractivity contribution in [3.05, 3.63) is 0 Å². The van der Waals surface area contributed by atoms with Crippen molar-refractivity contribution in [1.29, 1.82) is 0 Å². The number of likely N-dealkylation sites (N-methyl/N-ethyl adjacent to an activating group) is 1. The standard InChI is InChI=1S/C14H27NO8/c1-3-15(4-2)5-6-21-13-12(22-8-10(17)18)11(19)9(7-16)23-14(13)20/h9,11-14,16,19-20H,3-8H2,1-2H3,(H,17,18)/p-1. The van der Waals surface area contributed by atoms with E-state index in [9.17, 15) is 20.1 Å². The normalized spacial score (nSPS) is 31.5. The number of carbonyl (C=O) groups excluding carboxylic acids is 1. The van der Waals surface area contributed by atoms with Crippen LogP contribution in [0.3, 0.4) is 0 Å². The fraction of sp³-hybridized carbons (Fsp3) is 0.929. The highest BCUT2D eigenvalue weighted by atomic mass is 16.7. The molecule has 0 spiro atoms. The number of carbonyl (C=O) groups is 1. The summed E-state index contributed by atoms with van der Waals surface area (Å²) in [6.07, 6.45) is -6.08. The molecule has 3 N–H and O–H groups in total. The molecule has 0 aliphatic carbocycles. The molecule has 0 bridgehead atoms. The van der Waals surface area contributed by atoms with Crippen LogP contribution in [0.1, 0.15) is 13.8 Å². The van der Waals surface area contributed by atoms with Crippen LogP contribution in [-0.2, 0) is 19.0 Å². The lowest BCUT2D eigenvalue weighted by atomic mass is 9.99. The third kappa shape index (κ3) is 5.96. The Labute approximate surface area is 135 Å². The molecule has 1 fully saturated rings. The number of hydrogen-bond acceptors (Lipinski definition) is 9. The molecule has 1 aliphatic heterocycles. The van der Waals surface area contributed by atoms with Crippen molar-refractivity contribution in [2.75, 3.05) is 39.5 Å². The van der Waals surface area contributed by atoms with Gasteiger partial charge in [0.05, 0.1) is 25.8 Å². The largest absolute Gasteiger partial charge is 0.548 e. The van der Waals surface area contributed by atoms with Gasteiger partial charge in [0.2, 0.25) is 0 Å². The molecule has 1 heterocycles. The van der Waals surface area contributed by atoms with Crippen molar-refractivity contribution in [1.82, 2.24) is 4.90 Å². The summed E-state index contributed by atoms with van der Waals surface area (Å²) < 4.78 is 15.7. The van der Waals surface area contributed by atoms with E-state index < -0.39 is 49.9 Å². The smallest absolute Gasteiger partial charge is 0.184 e.